The number of Topliss-reactive ketones (excluding diaryl/α,β-unsaturated/α-hetero) is 1. The number of hydrogen-bond acceptors (Lipinski definition) is 2. The molecule has 0 aromatic heterocycles. The van der Waals surface area contributed by atoms with Crippen molar-refractivity contribution in [1.29, 1.82) is 0 Å². The van der Waals surface area contributed by atoms with Gasteiger partial charge in [-0.25, -0.2) is 0 Å². The van der Waals surface area contributed by atoms with Crippen molar-refractivity contribution in [2.75, 3.05) is 7.05 Å². The molecule has 15 heavy (non-hydrogen) atoms. The number of nitrogens with one attached hydrogen (secondary N) is 1. The zero-order valence-electron chi connectivity index (χ0n) is 8.99. The van der Waals surface area contributed by atoms with Gasteiger partial charge < -0.3 is 5.32 Å². The minimum atomic E-state index is -0.572. The molecule has 0 spiro atoms. The van der Waals surface area contributed by atoms with Crippen LogP contribution in [-0.2, 0) is 4.79 Å². The van der Waals surface area contributed by atoms with Crippen LogP contribution in [0.25, 0.3) is 0 Å². The molecule has 3 nitrogen and oxygen atoms in total. The monoisotopic (exact) mass is 205 g/mol. The van der Waals surface area contributed by atoms with Gasteiger partial charge in [0.05, 0.1) is 0 Å². The van der Waals surface area contributed by atoms with Gasteiger partial charge in [0.15, 0.2) is 5.78 Å². The van der Waals surface area contributed by atoms with E-state index < -0.39 is 5.92 Å². The van der Waals surface area contributed by atoms with E-state index >= 15 is 0 Å². The summed E-state index contributed by atoms with van der Waals surface area (Å²) in [5.74, 6) is -0.902. The van der Waals surface area contributed by atoms with Crippen LogP contribution in [0.5, 0.6) is 0 Å². The Balaban J connectivity index is 2.87. The lowest BCUT2D eigenvalue weighted by Gasteiger charge is -2.11. The highest BCUT2D eigenvalue weighted by Crippen LogP contribution is 2.12. The Hall–Kier alpha value is -1.64. The molecule has 1 atom stereocenters. The normalized spacial score (nSPS) is 11.9. The van der Waals surface area contributed by atoms with Crippen LogP contribution in [-0.4, -0.2) is 18.7 Å². The van der Waals surface area contributed by atoms with Crippen molar-refractivity contribution in [3.05, 3.63) is 35.9 Å². The van der Waals surface area contributed by atoms with E-state index in [-0.39, 0.29) is 11.7 Å². The number of carbonyl (C=O) groups excluding carboxylic acids is 2. The molecule has 0 aliphatic heterocycles. The number of ketones is 1. The van der Waals surface area contributed by atoms with Gasteiger partial charge in [-0.2, -0.15) is 0 Å². The average molecular weight is 205 g/mol. The Bertz CT molecular complexity index is 346. The third-order valence-corrected chi connectivity index (χ3v) is 2.35. The van der Waals surface area contributed by atoms with Gasteiger partial charge in [-0.05, 0) is 6.42 Å². The summed E-state index contributed by atoms with van der Waals surface area (Å²) in [4.78, 5) is 23.3. The second kappa shape index (κ2) is 5.29. The summed E-state index contributed by atoms with van der Waals surface area (Å²) in [6.45, 7) is 1.83. The zero-order valence-corrected chi connectivity index (χ0v) is 8.99. The lowest BCUT2D eigenvalue weighted by atomic mass is 9.94. The smallest absolute Gasteiger partial charge is 0.230 e. The Morgan fingerprint density at radius 1 is 1.27 bits per heavy atom. The summed E-state index contributed by atoms with van der Waals surface area (Å²) in [6, 6.07) is 8.90. The van der Waals surface area contributed by atoms with Gasteiger partial charge in [0.2, 0.25) is 5.91 Å². The van der Waals surface area contributed by atoms with Crippen molar-refractivity contribution in [1.82, 2.24) is 5.32 Å². The van der Waals surface area contributed by atoms with Crippen molar-refractivity contribution < 1.29 is 9.59 Å². The van der Waals surface area contributed by atoms with E-state index in [1.807, 2.05) is 13.0 Å². The van der Waals surface area contributed by atoms with Crippen LogP contribution in [0.15, 0.2) is 30.3 Å². The van der Waals surface area contributed by atoms with Crippen LogP contribution >= 0.6 is 0 Å². The van der Waals surface area contributed by atoms with Crippen LogP contribution in [0.1, 0.15) is 23.7 Å². The van der Waals surface area contributed by atoms with Crippen molar-refractivity contribution in [3.63, 3.8) is 0 Å². The molecule has 1 rings (SSSR count). The first kappa shape index (κ1) is 11.4. The van der Waals surface area contributed by atoms with E-state index in [2.05, 4.69) is 5.32 Å². The van der Waals surface area contributed by atoms with Crippen molar-refractivity contribution in [2.24, 2.45) is 5.92 Å². The third-order valence-electron chi connectivity index (χ3n) is 2.35. The first-order chi connectivity index (χ1) is 7.20. The number of benzene rings is 1. The highest BCUT2D eigenvalue weighted by Gasteiger charge is 2.24. The van der Waals surface area contributed by atoms with Crippen LogP contribution in [0.3, 0.4) is 0 Å². The van der Waals surface area contributed by atoms with Crippen LogP contribution in [0.4, 0.5) is 0 Å². The molecule has 80 valence electrons. The predicted molar refractivity (Wildman–Crippen MR) is 58.6 cm³/mol. The molecule has 1 aromatic carbocycles. The van der Waals surface area contributed by atoms with Crippen molar-refractivity contribution in [3.8, 4) is 0 Å². The minimum absolute atomic E-state index is 0.113. The van der Waals surface area contributed by atoms with Gasteiger partial charge in [0.25, 0.3) is 0 Å². The number of carbonyl (C=O) groups is 2. The molecule has 0 saturated carbocycles. The first-order valence-electron chi connectivity index (χ1n) is 5.01. The summed E-state index contributed by atoms with van der Waals surface area (Å²) in [5.41, 5.74) is 0.591. The Morgan fingerprint density at radius 3 is 2.33 bits per heavy atom. The molecule has 0 aliphatic rings. The van der Waals surface area contributed by atoms with Gasteiger partial charge in [0.1, 0.15) is 5.92 Å². The highest BCUT2D eigenvalue weighted by molar-refractivity contribution is 6.09. The minimum Gasteiger partial charge on any atom is -0.359 e. The fourth-order valence-electron chi connectivity index (χ4n) is 1.47. The van der Waals surface area contributed by atoms with E-state index in [0.717, 1.165) is 0 Å². The molecule has 0 saturated heterocycles. The fraction of sp³-hybridized carbons (Fsp3) is 0.333. The quantitative estimate of drug-likeness (QED) is 0.600. The molecule has 0 bridgehead atoms. The zero-order chi connectivity index (χ0) is 11.3. The summed E-state index contributed by atoms with van der Waals surface area (Å²) >= 11 is 0. The van der Waals surface area contributed by atoms with Crippen LogP contribution < -0.4 is 5.32 Å². The molecule has 1 N–H and O–H groups in total. The second-order valence-electron chi connectivity index (χ2n) is 3.31. The van der Waals surface area contributed by atoms with E-state index in [1.54, 1.807) is 31.3 Å². The van der Waals surface area contributed by atoms with E-state index in [1.165, 1.54) is 0 Å². The highest BCUT2D eigenvalue weighted by atomic mass is 16.2. The molecule has 0 aliphatic carbocycles. The maximum absolute atomic E-state index is 11.9. The molecule has 0 fully saturated rings. The molecule has 0 radical (unpaired) electrons. The maximum atomic E-state index is 11.9. The van der Waals surface area contributed by atoms with Crippen LogP contribution in [0, 0.1) is 5.92 Å². The molecule has 1 aromatic rings. The molecule has 1 unspecified atom stereocenters. The molecular weight excluding hydrogens is 190 g/mol. The Kier molecular flexibility index (Phi) is 4.03. The van der Waals surface area contributed by atoms with E-state index in [4.69, 9.17) is 0 Å². The van der Waals surface area contributed by atoms with Gasteiger partial charge in [-0.1, -0.05) is 37.3 Å². The standard InChI is InChI=1S/C12H15NO2/c1-3-10(12(15)13-2)11(14)9-7-5-4-6-8-9/h4-8,10H,3H2,1-2H3,(H,13,15). The first-order valence-corrected chi connectivity index (χ1v) is 5.01. The molecule has 0 heterocycles. The largest absolute Gasteiger partial charge is 0.359 e. The van der Waals surface area contributed by atoms with Crippen molar-refractivity contribution in [2.45, 2.75) is 13.3 Å². The van der Waals surface area contributed by atoms with Gasteiger partial charge in [-0.15, -0.1) is 0 Å². The second-order valence-corrected chi connectivity index (χ2v) is 3.31. The third kappa shape index (κ3) is 2.65. The Morgan fingerprint density at radius 2 is 1.87 bits per heavy atom. The predicted octanol–water partition coefficient (Wildman–Crippen LogP) is 1.64. The van der Waals surface area contributed by atoms with E-state index in [0.29, 0.717) is 12.0 Å². The van der Waals surface area contributed by atoms with Gasteiger partial charge >= 0.3 is 0 Å². The summed E-state index contributed by atoms with van der Waals surface area (Å²) < 4.78 is 0. The maximum Gasteiger partial charge on any atom is 0.230 e. The topological polar surface area (TPSA) is 46.2 Å². The summed E-state index contributed by atoms with van der Waals surface area (Å²) in [5, 5.41) is 2.51. The number of rotatable bonds is 4. The molecule has 1 amide bonds. The van der Waals surface area contributed by atoms with Gasteiger partial charge in [0, 0.05) is 12.6 Å². The fourth-order valence-corrected chi connectivity index (χ4v) is 1.47. The van der Waals surface area contributed by atoms with Gasteiger partial charge in [-0.3, -0.25) is 9.59 Å². The summed E-state index contributed by atoms with van der Waals surface area (Å²) in [6.07, 6.45) is 0.521. The number of amides is 1. The summed E-state index contributed by atoms with van der Waals surface area (Å²) in [7, 11) is 1.54. The van der Waals surface area contributed by atoms with E-state index in [9.17, 15) is 9.59 Å². The molecular formula is C12H15NO2. The lowest BCUT2D eigenvalue weighted by molar-refractivity contribution is -0.123. The lowest BCUT2D eigenvalue weighted by Crippen LogP contribution is -2.32. The molecule has 3 heteroatoms. The average Bonchev–Trinajstić information content (AvgIpc) is 2.30. The van der Waals surface area contributed by atoms with Crippen molar-refractivity contribution >= 4 is 11.7 Å². The number of hydrogen-bond donors (Lipinski definition) is 1. The van der Waals surface area contributed by atoms with Crippen LogP contribution in [0.2, 0.25) is 0 Å². The SMILES string of the molecule is CCC(C(=O)NC)C(=O)c1ccccc1. The Labute approximate surface area is 89.5 Å².